The lowest BCUT2D eigenvalue weighted by atomic mass is 10.1. The first kappa shape index (κ1) is 24.7. The van der Waals surface area contributed by atoms with Crippen LogP contribution in [0, 0.1) is 0 Å². The van der Waals surface area contributed by atoms with Gasteiger partial charge in [0.1, 0.15) is 19.1 Å². The summed E-state index contributed by atoms with van der Waals surface area (Å²) < 4.78 is 12.4. The van der Waals surface area contributed by atoms with E-state index in [0.29, 0.717) is 23.2 Å². The Kier molecular flexibility index (Phi) is 8.23. The molecule has 0 radical (unpaired) electrons. The molecule has 3 rings (SSSR count). The molecule has 0 aliphatic carbocycles. The molecule has 10 nitrogen and oxygen atoms in total. The van der Waals surface area contributed by atoms with Crippen LogP contribution in [0.4, 0.5) is 0 Å². The van der Waals surface area contributed by atoms with Crippen molar-refractivity contribution in [2.45, 2.75) is 6.61 Å². The highest BCUT2D eigenvalue weighted by molar-refractivity contribution is 6.00. The van der Waals surface area contributed by atoms with Gasteiger partial charge in [-0.15, -0.1) is 0 Å². The Morgan fingerprint density at radius 1 is 1.03 bits per heavy atom. The quantitative estimate of drug-likeness (QED) is 0.253. The third-order valence-electron chi connectivity index (χ3n) is 4.71. The fraction of sp³-hybridized carbons (Fsp3) is 0.292. The lowest BCUT2D eigenvalue weighted by molar-refractivity contribution is 0.0317. The first-order chi connectivity index (χ1) is 16.3. The summed E-state index contributed by atoms with van der Waals surface area (Å²) in [5, 5.41) is 4.15. The number of nitrogens with zero attached hydrogens (tertiary/aromatic N) is 5. The minimum Gasteiger partial charge on any atom is -0.488 e. The molecule has 178 valence electrons. The number of benzene rings is 1. The maximum Gasteiger partial charge on any atom is 0.340 e. The van der Waals surface area contributed by atoms with Crippen LogP contribution in [0.25, 0.3) is 11.4 Å². The molecular weight excluding hydrogens is 438 g/mol. The van der Waals surface area contributed by atoms with Crippen molar-refractivity contribution in [1.29, 1.82) is 0 Å². The summed E-state index contributed by atoms with van der Waals surface area (Å²) in [6.07, 6.45) is 3.72. The maximum atomic E-state index is 12.6. The molecule has 1 aromatic carbocycles. The maximum absolute atomic E-state index is 12.6. The lowest BCUT2D eigenvalue weighted by Crippen LogP contribution is -2.27. The molecule has 0 atom stereocenters. The van der Waals surface area contributed by atoms with Crippen LogP contribution in [0.15, 0.2) is 48.8 Å². The van der Waals surface area contributed by atoms with Crippen LogP contribution in [0.1, 0.15) is 31.1 Å². The van der Waals surface area contributed by atoms with Gasteiger partial charge in [-0.2, -0.15) is 9.78 Å². The van der Waals surface area contributed by atoms with Gasteiger partial charge in [-0.25, -0.2) is 4.79 Å². The van der Waals surface area contributed by atoms with Crippen LogP contribution in [0.3, 0.4) is 0 Å². The second-order valence-corrected chi connectivity index (χ2v) is 8.04. The van der Waals surface area contributed by atoms with E-state index in [9.17, 15) is 14.4 Å². The molecule has 0 unspecified atom stereocenters. The van der Waals surface area contributed by atoms with E-state index in [1.807, 2.05) is 6.07 Å². The van der Waals surface area contributed by atoms with Gasteiger partial charge in [0.05, 0.1) is 35.3 Å². The highest BCUT2D eigenvalue weighted by atomic mass is 16.5. The summed E-state index contributed by atoms with van der Waals surface area (Å²) in [4.78, 5) is 44.7. The molecule has 0 amide bonds. The van der Waals surface area contributed by atoms with Crippen LogP contribution in [-0.2, 0) is 11.3 Å². The number of hydrogen-bond donors (Lipinski definition) is 0. The predicted octanol–water partition coefficient (Wildman–Crippen LogP) is 2.21. The zero-order valence-electron chi connectivity index (χ0n) is 19.6. The Balaban J connectivity index is 1.86. The Labute approximate surface area is 197 Å². The third-order valence-corrected chi connectivity index (χ3v) is 4.71. The molecule has 3 aromatic rings. The molecule has 10 heteroatoms. The molecular formula is C24H27N5O5. The zero-order chi connectivity index (χ0) is 24.7. The highest BCUT2D eigenvalue weighted by Gasteiger charge is 2.20. The van der Waals surface area contributed by atoms with Gasteiger partial charge in [0.15, 0.2) is 6.29 Å². The van der Waals surface area contributed by atoms with E-state index in [4.69, 9.17) is 9.47 Å². The lowest BCUT2D eigenvalue weighted by Gasteiger charge is -2.15. The minimum atomic E-state index is -0.619. The standard InChI is InChI=1S/C24H27N5O5/c1-27(2)13-22(31)29-20(10-12-26-29)23-17(7-6-11-25-23)15-33-21-9-5-8-18(19(21)14-30)24(32)34-16-28(3)4/h5-12,14H,13,15-16H2,1-4H3. The van der Waals surface area contributed by atoms with Crippen molar-refractivity contribution in [2.24, 2.45) is 0 Å². The number of aromatic nitrogens is 3. The van der Waals surface area contributed by atoms with E-state index in [-0.39, 0.29) is 42.7 Å². The summed E-state index contributed by atoms with van der Waals surface area (Å²) in [7, 11) is 7.13. The zero-order valence-corrected chi connectivity index (χ0v) is 19.6. The van der Waals surface area contributed by atoms with Crippen molar-refractivity contribution in [2.75, 3.05) is 41.5 Å². The number of carbonyl (C=O) groups is 3. The van der Waals surface area contributed by atoms with E-state index in [1.165, 1.54) is 16.9 Å². The Morgan fingerprint density at radius 3 is 2.53 bits per heavy atom. The fourth-order valence-corrected chi connectivity index (χ4v) is 3.20. The first-order valence-corrected chi connectivity index (χ1v) is 10.5. The number of ether oxygens (including phenoxy) is 2. The second kappa shape index (κ2) is 11.3. The van der Waals surface area contributed by atoms with Gasteiger partial charge in [-0.05, 0) is 52.5 Å². The number of esters is 1. The Hall–Kier alpha value is -3.89. The number of rotatable bonds is 10. The molecule has 0 aliphatic heterocycles. The normalized spacial score (nSPS) is 11.0. The number of hydrogen-bond acceptors (Lipinski definition) is 9. The van der Waals surface area contributed by atoms with E-state index in [2.05, 4.69) is 10.1 Å². The number of pyridine rings is 1. The topological polar surface area (TPSA) is 107 Å². The van der Waals surface area contributed by atoms with Crippen molar-refractivity contribution in [3.63, 3.8) is 0 Å². The molecule has 0 N–H and O–H groups in total. The summed E-state index contributed by atoms with van der Waals surface area (Å²) in [5.41, 5.74) is 1.96. The molecule has 0 saturated heterocycles. The predicted molar refractivity (Wildman–Crippen MR) is 125 cm³/mol. The van der Waals surface area contributed by atoms with E-state index in [0.717, 1.165) is 0 Å². The fourth-order valence-electron chi connectivity index (χ4n) is 3.20. The van der Waals surface area contributed by atoms with Crippen molar-refractivity contribution >= 4 is 18.2 Å². The average molecular weight is 466 g/mol. The van der Waals surface area contributed by atoms with Crippen LogP contribution >= 0.6 is 0 Å². The summed E-state index contributed by atoms with van der Waals surface area (Å²) in [6, 6.07) is 10.0. The number of aldehydes is 1. The molecule has 0 aliphatic rings. The van der Waals surface area contributed by atoms with Gasteiger partial charge in [-0.1, -0.05) is 12.1 Å². The summed E-state index contributed by atoms with van der Waals surface area (Å²) >= 11 is 0. The van der Waals surface area contributed by atoms with Crippen LogP contribution in [0.2, 0.25) is 0 Å². The average Bonchev–Trinajstić information content (AvgIpc) is 3.30. The van der Waals surface area contributed by atoms with Crippen molar-refractivity contribution < 1.29 is 23.9 Å². The first-order valence-electron chi connectivity index (χ1n) is 10.5. The third kappa shape index (κ3) is 5.91. The number of likely N-dealkylation sites (N-methyl/N-ethyl adjacent to an activating group) is 1. The Bertz CT molecular complexity index is 1170. The van der Waals surface area contributed by atoms with E-state index in [1.54, 1.807) is 68.5 Å². The Morgan fingerprint density at radius 2 is 1.82 bits per heavy atom. The molecule has 2 heterocycles. The van der Waals surface area contributed by atoms with Gasteiger partial charge in [0.2, 0.25) is 0 Å². The summed E-state index contributed by atoms with van der Waals surface area (Å²) in [6.45, 7) is 0.321. The molecule has 2 aromatic heterocycles. The van der Waals surface area contributed by atoms with Crippen LogP contribution in [0.5, 0.6) is 5.75 Å². The van der Waals surface area contributed by atoms with Crippen molar-refractivity contribution in [1.82, 2.24) is 24.6 Å². The van der Waals surface area contributed by atoms with Gasteiger partial charge in [-0.3, -0.25) is 19.5 Å². The molecule has 34 heavy (non-hydrogen) atoms. The van der Waals surface area contributed by atoms with Crippen molar-refractivity contribution in [3.8, 4) is 17.1 Å². The van der Waals surface area contributed by atoms with Gasteiger partial charge in [0, 0.05) is 11.8 Å². The van der Waals surface area contributed by atoms with E-state index < -0.39 is 5.97 Å². The monoisotopic (exact) mass is 465 g/mol. The van der Waals surface area contributed by atoms with Crippen molar-refractivity contribution in [3.05, 3.63) is 65.5 Å². The summed E-state index contributed by atoms with van der Waals surface area (Å²) in [5.74, 6) is -0.581. The molecule has 0 bridgehead atoms. The van der Waals surface area contributed by atoms with Crippen LogP contribution < -0.4 is 4.74 Å². The van der Waals surface area contributed by atoms with Gasteiger partial charge < -0.3 is 14.4 Å². The largest absolute Gasteiger partial charge is 0.488 e. The van der Waals surface area contributed by atoms with E-state index >= 15 is 0 Å². The molecule has 0 spiro atoms. The number of carbonyl (C=O) groups excluding carboxylic acids is 3. The molecule has 0 saturated carbocycles. The SMILES string of the molecule is CN(C)COC(=O)c1cccc(OCc2cccnc2-c2ccnn2C(=O)CN(C)C)c1C=O. The minimum absolute atomic E-state index is 0.0489. The van der Waals surface area contributed by atoms with Gasteiger partial charge in [0.25, 0.3) is 5.91 Å². The smallest absolute Gasteiger partial charge is 0.340 e. The second-order valence-electron chi connectivity index (χ2n) is 8.04. The van der Waals surface area contributed by atoms with Crippen LogP contribution in [-0.4, -0.2) is 84.2 Å². The highest BCUT2D eigenvalue weighted by Crippen LogP contribution is 2.26. The molecule has 0 fully saturated rings. The van der Waals surface area contributed by atoms with Gasteiger partial charge >= 0.3 is 5.97 Å².